The van der Waals surface area contributed by atoms with E-state index in [1.165, 1.54) is 4.90 Å². The van der Waals surface area contributed by atoms with Crippen molar-refractivity contribution in [3.63, 3.8) is 0 Å². The molecule has 3 rings (SSSR count). The molecule has 1 aromatic heterocycles. The van der Waals surface area contributed by atoms with Gasteiger partial charge in [-0.3, -0.25) is 9.59 Å². The number of anilines is 1. The molecule has 0 unspecified atom stereocenters. The molecule has 0 aliphatic rings. The number of nitrogens with zero attached hydrogens (tertiary/aromatic N) is 2. The Bertz CT molecular complexity index is 1070. The minimum absolute atomic E-state index is 0.00735. The molecule has 2 aromatic carbocycles. The first kappa shape index (κ1) is 23.0. The third kappa shape index (κ3) is 6.18. The van der Waals surface area contributed by atoms with Crippen LogP contribution in [-0.2, 0) is 10.5 Å². The Morgan fingerprint density at radius 1 is 1.06 bits per heavy atom. The number of aromatic nitrogens is 1. The van der Waals surface area contributed by atoms with Crippen LogP contribution in [-0.4, -0.2) is 35.3 Å². The molecule has 162 valence electrons. The summed E-state index contributed by atoms with van der Waals surface area (Å²) in [5.41, 5.74) is 6.73. The monoisotopic (exact) mass is 453 g/mol. The third-order valence-electron chi connectivity index (χ3n) is 4.83. The number of benzene rings is 2. The van der Waals surface area contributed by atoms with E-state index in [-0.39, 0.29) is 18.4 Å². The fourth-order valence-corrected chi connectivity index (χ4v) is 5.16. The molecule has 0 bridgehead atoms. The van der Waals surface area contributed by atoms with Gasteiger partial charge in [-0.2, -0.15) is 0 Å². The Balaban J connectivity index is 1.56. The first-order valence-electron chi connectivity index (χ1n) is 10.00. The van der Waals surface area contributed by atoms with Gasteiger partial charge < -0.3 is 10.2 Å². The fourth-order valence-electron chi connectivity index (χ4n) is 3.35. The summed E-state index contributed by atoms with van der Waals surface area (Å²) in [6, 6.07) is 11.6. The van der Waals surface area contributed by atoms with E-state index in [1.54, 1.807) is 30.1 Å². The van der Waals surface area contributed by atoms with Crippen LogP contribution in [0.2, 0.25) is 0 Å². The van der Waals surface area contributed by atoms with E-state index in [1.807, 2.05) is 69.5 Å². The maximum absolute atomic E-state index is 12.7. The Kier molecular flexibility index (Phi) is 7.51. The first-order chi connectivity index (χ1) is 14.7. The molecule has 0 radical (unpaired) electrons. The normalized spacial score (nSPS) is 10.7. The van der Waals surface area contributed by atoms with Crippen molar-refractivity contribution < 1.29 is 9.59 Å². The fraction of sp³-hybridized carbons (Fsp3) is 0.292. The van der Waals surface area contributed by atoms with E-state index < -0.39 is 0 Å². The number of carbonyl (C=O) groups is 2. The largest absolute Gasteiger partial charge is 0.332 e. The van der Waals surface area contributed by atoms with Crippen LogP contribution in [0, 0.1) is 27.7 Å². The number of thioether (sulfide) groups is 1. The highest BCUT2D eigenvalue weighted by Gasteiger charge is 2.16. The van der Waals surface area contributed by atoms with Crippen LogP contribution in [0.15, 0.2) is 46.1 Å². The number of nitrogens with one attached hydrogen (secondary N) is 1. The average molecular weight is 454 g/mol. The molecule has 0 aliphatic heterocycles. The van der Waals surface area contributed by atoms with E-state index in [2.05, 4.69) is 10.3 Å². The average Bonchev–Trinajstić information content (AvgIpc) is 3.14. The van der Waals surface area contributed by atoms with Gasteiger partial charge >= 0.3 is 0 Å². The number of hydrogen-bond donors (Lipinski definition) is 1. The predicted octanol–water partition coefficient (Wildman–Crippen LogP) is 5.38. The van der Waals surface area contributed by atoms with Gasteiger partial charge in [-0.15, -0.1) is 11.3 Å². The zero-order valence-electron chi connectivity index (χ0n) is 18.5. The highest BCUT2D eigenvalue weighted by molar-refractivity contribution is 8.00. The molecule has 1 heterocycles. The summed E-state index contributed by atoms with van der Waals surface area (Å²) < 4.78 is 1.04. The molecule has 0 fully saturated rings. The Morgan fingerprint density at radius 3 is 2.29 bits per heavy atom. The van der Waals surface area contributed by atoms with Gasteiger partial charge in [0, 0.05) is 35.1 Å². The van der Waals surface area contributed by atoms with Crippen LogP contribution in [0.5, 0.6) is 0 Å². The summed E-state index contributed by atoms with van der Waals surface area (Å²) in [5.74, 6) is 0.412. The van der Waals surface area contributed by atoms with Gasteiger partial charge in [0.15, 0.2) is 0 Å². The predicted molar refractivity (Wildman–Crippen MR) is 129 cm³/mol. The molecule has 0 saturated heterocycles. The summed E-state index contributed by atoms with van der Waals surface area (Å²) in [5, 5.41) is 4.98. The van der Waals surface area contributed by atoms with Gasteiger partial charge in [-0.05, 0) is 56.5 Å². The third-order valence-corrected chi connectivity index (χ3v) is 7.04. The van der Waals surface area contributed by atoms with E-state index in [9.17, 15) is 9.59 Å². The van der Waals surface area contributed by atoms with Crippen LogP contribution in [0.1, 0.15) is 38.3 Å². The lowest BCUT2D eigenvalue weighted by atomic mass is 10.1. The van der Waals surface area contributed by atoms with Crippen molar-refractivity contribution in [3.05, 3.63) is 75.3 Å². The standard InChI is InChI=1S/C24H27N3O2S2/c1-15-10-16(2)22(17(3)11-15)26-21(28)12-27(5)23(29)20-8-6-19(7-9-20)14-31-24-25-18(4)13-30-24/h6-11,13H,12,14H2,1-5H3,(H,26,28). The van der Waals surface area contributed by atoms with Crippen molar-refractivity contribution in [1.82, 2.24) is 9.88 Å². The summed E-state index contributed by atoms with van der Waals surface area (Å²) in [7, 11) is 1.64. The van der Waals surface area contributed by atoms with Crippen LogP contribution in [0.3, 0.4) is 0 Å². The van der Waals surface area contributed by atoms with Gasteiger partial charge in [-0.25, -0.2) is 4.98 Å². The van der Waals surface area contributed by atoms with Crippen LogP contribution >= 0.6 is 23.1 Å². The number of likely N-dealkylation sites (N-methyl/N-ethyl adjacent to an activating group) is 1. The Hall–Kier alpha value is -2.64. The Labute approximate surface area is 191 Å². The minimum Gasteiger partial charge on any atom is -0.332 e. The molecule has 31 heavy (non-hydrogen) atoms. The Morgan fingerprint density at radius 2 is 1.71 bits per heavy atom. The van der Waals surface area contributed by atoms with Crippen LogP contribution in [0.4, 0.5) is 5.69 Å². The van der Waals surface area contributed by atoms with Gasteiger partial charge in [0.25, 0.3) is 5.91 Å². The highest BCUT2D eigenvalue weighted by Crippen LogP contribution is 2.26. The summed E-state index contributed by atoms with van der Waals surface area (Å²) in [6.07, 6.45) is 0. The molecule has 2 amide bonds. The maximum Gasteiger partial charge on any atom is 0.254 e. The van der Waals surface area contributed by atoms with Crippen molar-refractivity contribution >= 4 is 40.6 Å². The van der Waals surface area contributed by atoms with E-state index in [0.29, 0.717) is 5.56 Å². The molecule has 3 aromatic rings. The lowest BCUT2D eigenvalue weighted by Gasteiger charge is -2.18. The van der Waals surface area contributed by atoms with Crippen LogP contribution < -0.4 is 5.32 Å². The van der Waals surface area contributed by atoms with Gasteiger partial charge in [-0.1, -0.05) is 41.6 Å². The smallest absolute Gasteiger partial charge is 0.254 e. The second kappa shape index (κ2) is 10.1. The minimum atomic E-state index is -0.210. The zero-order chi connectivity index (χ0) is 22.5. The van der Waals surface area contributed by atoms with Gasteiger partial charge in [0.1, 0.15) is 4.34 Å². The first-order valence-corrected chi connectivity index (χ1v) is 11.9. The van der Waals surface area contributed by atoms with Gasteiger partial charge in [0.05, 0.1) is 6.54 Å². The van der Waals surface area contributed by atoms with Crippen molar-refractivity contribution in [2.75, 3.05) is 18.9 Å². The molecule has 0 spiro atoms. The van der Waals surface area contributed by atoms with Crippen molar-refractivity contribution in [3.8, 4) is 0 Å². The van der Waals surface area contributed by atoms with Crippen LogP contribution in [0.25, 0.3) is 0 Å². The number of aryl methyl sites for hydroxylation is 4. The molecule has 0 atom stereocenters. The number of amides is 2. The number of thiazole rings is 1. The molecule has 0 aliphatic carbocycles. The SMILES string of the molecule is Cc1cc(C)c(NC(=O)CN(C)C(=O)c2ccc(CSc3nc(C)cs3)cc2)c(C)c1. The quantitative estimate of drug-likeness (QED) is 0.488. The van der Waals surface area contributed by atoms with E-state index in [4.69, 9.17) is 0 Å². The zero-order valence-corrected chi connectivity index (χ0v) is 20.1. The second-order valence-corrected chi connectivity index (χ2v) is 9.80. The number of rotatable bonds is 7. The summed E-state index contributed by atoms with van der Waals surface area (Å²) >= 11 is 3.33. The van der Waals surface area contributed by atoms with Crippen molar-refractivity contribution in [2.45, 2.75) is 37.8 Å². The summed E-state index contributed by atoms with van der Waals surface area (Å²) in [4.78, 5) is 31.1. The summed E-state index contributed by atoms with van der Waals surface area (Å²) in [6.45, 7) is 7.95. The maximum atomic E-state index is 12.7. The molecule has 0 saturated carbocycles. The van der Waals surface area contributed by atoms with Crippen molar-refractivity contribution in [2.24, 2.45) is 0 Å². The molecule has 7 heteroatoms. The second-order valence-electron chi connectivity index (χ2n) is 7.72. The molecule has 1 N–H and O–H groups in total. The van der Waals surface area contributed by atoms with Gasteiger partial charge in [0.2, 0.25) is 5.91 Å². The molecular weight excluding hydrogens is 426 g/mol. The lowest BCUT2D eigenvalue weighted by Crippen LogP contribution is -2.35. The van der Waals surface area contributed by atoms with E-state index >= 15 is 0 Å². The number of carbonyl (C=O) groups excluding carboxylic acids is 2. The number of hydrogen-bond acceptors (Lipinski definition) is 5. The highest BCUT2D eigenvalue weighted by atomic mass is 32.2. The topological polar surface area (TPSA) is 62.3 Å². The molecule has 5 nitrogen and oxygen atoms in total. The van der Waals surface area contributed by atoms with Crippen molar-refractivity contribution in [1.29, 1.82) is 0 Å². The van der Waals surface area contributed by atoms with E-state index in [0.717, 1.165) is 43.7 Å². The lowest BCUT2D eigenvalue weighted by molar-refractivity contribution is -0.116. The molecular formula is C24H27N3O2S2.